The van der Waals surface area contributed by atoms with Gasteiger partial charge in [-0.1, -0.05) is 0 Å². The molecule has 0 aliphatic rings. The fourth-order valence-electron chi connectivity index (χ4n) is 3.00. The summed E-state index contributed by atoms with van der Waals surface area (Å²) in [6.07, 6.45) is 3.15. The number of hydrogen-bond donors (Lipinski definition) is 2. The van der Waals surface area contributed by atoms with E-state index >= 15 is 0 Å². The van der Waals surface area contributed by atoms with Gasteiger partial charge in [0, 0.05) is 30.7 Å². The molecule has 0 radical (unpaired) electrons. The number of carbonyl (C=O) groups excluding carboxylic acids is 1. The predicted octanol–water partition coefficient (Wildman–Crippen LogP) is 4.50. The summed E-state index contributed by atoms with van der Waals surface area (Å²) in [7, 11) is 0. The van der Waals surface area contributed by atoms with Gasteiger partial charge in [0.1, 0.15) is 11.6 Å². The Hall–Kier alpha value is -3.28. The van der Waals surface area contributed by atoms with Crippen LogP contribution in [0.25, 0.3) is 0 Å². The molecule has 6 nitrogen and oxygen atoms in total. The van der Waals surface area contributed by atoms with Gasteiger partial charge in [-0.05, 0) is 68.8 Å². The zero-order chi connectivity index (χ0) is 19.9. The summed E-state index contributed by atoms with van der Waals surface area (Å²) in [6.45, 7) is 8.69. The van der Waals surface area contributed by atoms with Gasteiger partial charge in [-0.25, -0.2) is 4.98 Å². The molecule has 2 N–H and O–H groups in total. The molecule has 2 aromatic heterocycles. The Morgan fingerprint density at radius 3 is 2.57 bits per heavy atom. The molecule has 0 saturated carbocycles. The summed E-state index contributed by atoms with van der Waals surface area (Å²) in [4.78, 5) is 18.9. The molecule has 3 aromatic rings. The normalized spacial score (nSPS) is 10.5. The van der Waals surface area contributed by atoms with Crippen LogP contribution in [0.15, 0.2) is 59.3 Å². The quantitative estimate of drug-likeness (QED) is 0.604. The highest BCUT2D eigenvalue weighted by Crippen LogP contribution is 2.25. The van der Waals surface area contributed by atoms with Crippen LogP contribution in [0, 0.1) is 6.92 Å². The average molecular weight is 378 g/mol. The molecule has 1 aromatic carbocycles. The number of hydrogen-bond acceptors (Lipinski definition) is 5. The van der Waals surface area contributed by atoms with Gasteiger partial charge in [-0.2, -0.15) is 0 Å². The van der Waals surface area contributed by atoms with Gasteiger partial charge >= 0.3 is 0 Å². The average Bonchev–Trinajstić information content (AvgIpc) is 3.23. The van der Waals surface area contributed by atoms with E-state index in [0.717, 1.165) is 24.3 Å². The number of carbonyl (C=O) groups is 1. The van der Waals surface area contributed by atoms with E-state index in [4.69, 9.17) is 4.42 Å². The van der Waals surface area contributed by atoms with Gasteiger partial charge in [0.15, 0.2) is 0 Å². The number of aromatic nitrogens is 1. The van der Waals surface area contributed by atoms with E-state index in [0.29, 0.717) is 23.7 Å². The highest BCUT2D eigenvalue weighted by Gasteiger charge is 2.09. The summed E-state index contributed by atoms with van der Waals surface area (Å²) in [5, 5.41) is 6.13. The molecule has 0 unspecified atom stereocenters. The van der Waals surface area contributed by atoms with E-state index in [1.165, 1.54) is 5.69 Å². The van der Waals surface area contributed by atoms with Crippen LogP contribution in [0.4, 0.5) is 17.2 Å². The highest BCUT2D eigenvalue weighted by atomic mass is 16.3. The van der Waals surface area contributed by atoms with Crippen LogP contribution in [0.3, 0.4) is 0 Å². The highest BCUT2D eigenvalue weighted by molar-refractivity contribution is 5.94. The monoisotopic (exact) mass is 378 g/mol. The molecule has 6 heteroatoms. The minimum absolute atomic E-state index is 0.185. The zero-order valence-electron chi connectivity index (χ0n) is 16.5. The second kappa shape index (κ2) is 9.08. The minimum atomic E-state index is -0.185. The fourth-order valence-corrected chi connectivity index (χ4v) is 3.00. The molecule has 0 atom stereocenters. The third-order valence-electron chi connectivity index (χ3n) is 4.63. The van der Waals surface area contributed by atoms with E-state index in [1.807, 2.05) is 6.07 Å². The predicted molar refractivity (Wildman–Crippen MR) is 112 cm³/mol. The Morgan fingerprint density at radius 1 is 1.14 bits per heavy atom. The second-order valence-electron chi connectivity index (χ2n) is 6.49. The van der Waals surface area contributed by atoms with Gasteiger partial charge < -0.3 is 20.0 Å². The lowest BCUT2D eigenvalue weighted by Crippen LogP contribution is -2.22. The summed E-state index contributed by atoms with van der Waals surface area (Å²) in [5.74, 6) is 1.22. The zero-order valence-corrected chi connectivity index (χ0v) is 16.5. The van der Waals surface area contributed by atoms with Crippen molar-refractivity contribution < 1.29 is 9.21 Å². The topological polar surface area (TPSA) is 70.4 Å². The van der Waals surface area contributed by atoms with Crippen molar-refractivity contribution in [2.75, 3.05) is 23.3 Å². The number of aryl methyl sites for hydroxylation is 1. The molecule has 0 spiro atoms. The molecule has 28 heavy (non-hydrogen) atoms. The van der Waals surface area contributed by atoms with E-state index in [1.54, 1.807) is 30.7 Å². The van der Waals surface area contributed by atoms with Crippen molar-refractivity contribution >= 4 is 23.1 Å². The van der Waals surface area contributed by atoms with Crippen molar-refractivity contribution in [1.29, 1.82) is 0 Å². The Bertz CT molecular complexity index is 901. The standard InChI is InChI=1S/C22H26N4O2/c1-4-26(5-2)18-9-10-20(16(3)13-18)25-21-11-8-17(14-23-21)22(27)24-15-19-7-6-12-28-19/h6-14H,4-5,15H2,1-3H3,(H,23,25)(H,24,27). The number of nitrogens with one attached hydrogen (secondary N) is 2. The Morgan fingerprint density at radius 2 is 1.96 bits per heavy atom. The smallest absolute Gasteiger partial charge is 0.253 e. The van der Waals surface area contributed by atoms with E-state index < -0.39 is 0 Å². The lowest BCUT2D eigenvalue weighted by molar-refractivity contribution is 0.0947. The van der Waals surface area contributed by atoms with Gasteiger partial charge in [0.05, 0.1) is 18.4 Å². The lowest BCUT2D eigenvalue weighted by atomic mass is 10.1. The summed E-state index contributed by atoms with van der Waals surface area (Å²) >= 11 is 0. The first kappa shape index (κ1) is 19.5. The number of pyridine rings is 1. The van der Waals surface area contributed by atoms with Gasteiger partial charge in [0.2, 0.25) is 0 Å². The molecule has 0 saturated heterocycles. The van der Waals surface area contributed by atoms with Gasteiger partial charge in [0.25, 0.3) is 5.91 Å². The number of anilines is 3. The van der Waals surface area contributed by atoms with Crippen LogP contribution in [-0.2, 0) is 6.54 Å². The van der Waals surface area contributed by atoms with Crippen LogP contribution in [0.1, 0.15) is 35.5 Å². The van der Waals surface area contributed by atoms with Crippen LogP contribution < -0.4 is 15.5 Å². The molecular weight excluding hydrogens is 352 g/mol. The molecule has 0 aliphatic carbocycles. The second-order valence-corrected chi connectivity index (χ2v) is 6.49. The van der Waals surface area contributed by atoms with Crippen LogP contribution >= 0.6 is 0 Å². The van der Waals surface area contributed by atoms with E-state index in [9.17, 15) is 4.79 Å². The summed E-state index contributed by atoms with van der Waals surface area (Å²) in [6, 6.07) is 13.5. The Kier molecular flexibility index (Phi) is 6.32. The first-order chi connectivity index (χ1) is 13.6. The fraction of sp³-hybridized carbons (Fsp3) is 0.273. The van der Waals surface area contributed by atoms with Gasteiger partial charge in [-0.15, -0.1) is 0 Å². The molecule has 0 aliphatic heterocycles. The number of rotatable bonds is 8. The number of furan rings is 1. The molecule has 0 fully saturated rings. The maximum absolute atomic E-state index is 12.2. The molecule has 2 heterocycles. The maximum Gasteiger partial charge on any atom is 0.253 e. The van der Waals surface area contributed by atoms with Crippen molar-refractivity contribution in [1.82, 2.24) is 10.3 Å². The third-order valence-corrected chi connectivity index (χ3v) is 4.63. The largest absolute Gasteiger partial charge is 0.467 e. The van der Waals surface area contributed by atoms with E-state index in [2.05, 4.69) is 59.5 Å². The van der Waals surface area contributed by atoms with Crippen LogP contribution in [0.5, 0.6) is 0 Å². The minimum Gasteiger partial charge on any atom is -0.467 e. The Balaban J connectivity index is 1.63. The van der Waals surface area contributed by atoms with Crippen molar-refractivity contribution in [3.63, 3.8) is 0 Å². The van der Waals surface area contributed by atoms with Crippen molar-refractivity contribution in [3.8, 4) is 0 Å². The SMILES string of the molecule is CCN(CC)c1ccc(Nc2ccc(C(=O)NCc3ccco3)cn2)c(C)c1. The molecule has 0 bridgehead atoms. The van der Waals surface area contributed by atoms with Crippen molar-refractivity contribution in [2.45, 2.75) is 27.3 Å². The number of benzene rings is 1. The number of nitrogens with zero attached hydrogens (tertiary/aromatic N) is 2. The molecule has 1 amide bonds. The molecule has 3 rings (SSSR count). The van der Waals surface area contributed by atoms with Crippen LogP contribution in [-0.4, -0.2) is 24.0 Å². The Labute approximate surface area is 165 Å². The third kappa shape index (κ3) is 4.71. The van der Waals surface area contributed by atoms with Crippen molar-refractivity contribution in [2.24, 2.45) is 0 Å². The maximum atomic E-state index is 12.2. The van der Waals surface area contributed by atoms with Crippen LogP contribution in [0.2, 0.25) is 0 Å². The molecular formula is C22H26N4O2. The number of amides is 1. The first-order valence-corrected chi connectivity index (χ1v) is 9.50. The lowest BCUT2D eigenvalue weighted by Gasteiger charge is -2.22. The first-order valence-electron chi connectivity index (χ1n) is 9.50. The molecule has 146 valence electrons. The summed E-state index contributed by atoms with van der Waals surface area (Å²) in [5.41, 5.74) is 3.86. The summed E-state index contributed by atoms with van der Waals surface area (Å²) < 4.78 is 5.21. The van der Waals surface area contributed by atoms with Crippen molar-refractivity contribution in [3.05, 3.63) is 71.8 Å². The van der Waals surface area contributed by atoms with E-state index in [-0.39, 0.29) is 5.91 Å². The van der Waals surface area contributed by atoms with Gasteiger partial charge in [-0.3, -0.25) is 4.79 Å².